The summed E-state index contributed by atoms with van der Waals surface area (Å²) in [6.45, 7) is 4.55. The number of rotatable bonds is 16. The van der Waals surface area contributed by atoms with Crippen LogP contribution in [0.2, 0.25) is 0 Å². The second-order valence-electron chi connectivity index (χ2n) is 11.2. The molecule has 0 amide bonds. The first kappa shape index (κ1) is 28.4. The number of nitriles is 1. The maximum atomic E-state index is 9.69. The monoisotopic (exact) mass is 486 g/mol. The van der Waals surface area contributed by atoms with Crippen molar-refractivity contribution < 1.29 is 0 Å². The van der Waals surface area contributed by atoms with Crippen molar-refractivity contribution in [1.82, 2.24) is 4.98 Å². The molecule has 0 saturated heterocycles. The van der Waals surface area contributed by atoms with Crippen molar-refractivity contribution in [2.24, 2.45) is 5.92 Å². The Hall–Kier alpha value is -2.14. The fraction of sp³-hybridized carbons (Fsp3) is 0.647. The molecule has 0 N–H and O–H groups in total. The lowest BCUT2D eigenvalue weighted by molar-refractivity contribution is 0.302. The predicted molar refractivity (Wildman–Crippen MR) is 154 cm³/mol. The third-order valence-electron chi connectivity index (χ3n) is 8.37. The lowest BCUT2D eigenvalue weighted by Gasteiger charge is -2.29. The number of unbranched alkanes of at least 4 members (excludes halogenated alkanes) is 10. The Bertz CT molecular complexity index is 900. The maximum absolute atomic E-state index is 9.69. The average molecular weight is 487 g/mol. The zero-order valence-electron chi connectivity index (χ0n) is 23.2. The molecule has 196 valence electrons. The maximum Gasteiger partial charge on any atom is 0.144 e. The Labute approximate surface area is 221 Å². The molecule has 1 aliphatic rings. The average Bonchev–Trinajstić information content (AvgIpc) is 2.93. The molecule has 1 aromatic heterocycles. The highest BCUT2D eigenvalue weighted by Gasteiger charge is 2.22. The summed E-state index contributed by atoms with van der Waals surface area (Å²) in [5.74, 6) is 1.66. The number of aryl methyl sites for hydroxylation is 1. The molecule has 0 radical (unpaired) electrons. The summed E-state index contributed by atoms with van der Waals surface area (Å²) in [6, 6.07) is 15.6. The molecule has 2 heteroatoms. The van der Waals surface area contributed by atoms with Crippen LogP contribution in [0.15, 0.2) is 36.4 Å². The number of pyridine rings is 1. The van der Waals surface area contributed by atoms with E-state index in [-0.39, 0.29) is 0 Å². The highest BCUT2D eigenvalue weighted by atomic mass is 14.7. The summed E-state index contributed by atoms with van der Waals surface area (Å²) < 4.78 is 0. The summed E-state index contributed by atoms with van der Waals surface area (Å²) in [6.07, 6.45) is 24.0. The van der Waals surface area contributed by atoms with Crippen molar-refractivity contribution in [3.05, 3.63) is 53.2 Å². The van der Waals surface area contributed by atoms with Gasteiger partial charge in [0.05, 0.1) is 5.69 Å². The van der Waals surface area contributed by atoms with Crippen molar-refractivity contribution in [1.29, 1.82) is 5.26 Å². The lowest BCUT2D eigenvalue weighted by atomic mass is 9.77. The van der Waals surface area contributed by atoms with E-state index in [1.807, 2.05) is 0 Å². The second-order valence-corrected chi connectivity index (χ2v) is 11.2. The van der Waals surface area contributed by atoms with Gasteiger partial charge in [0.2, 0.25) is 0 Å². The zero-order valence-corrected chi connectivity index (χ0v) is 23.2. The molecule has 0 unspecified atom stereocenters. The van der Waals surface area contributed by atoms with Crippen molar-refractivity contribution in [3.63, 3.8) is 0 Å². The largest absolute Gasteiger partial charge is 0.237 e. The molecule has 36 heavy (non-hydrogen) atoms. The fourth-order valence-electron chi connectivity index (χ4n) is 5.97. The van der Waals surface area contributed by atoms with Crippen molar-refractivity contribution in [2.45, 2.75) is 135 Å². The smallest absolute Gasteiger partial charge is 0.144 e. The van der Waals surface area contributed by atoms with E-state index in [4.69, 9.17) is 4.98 Å². The third-order valence-corrected chi connectivity index (χ3v) is 8.37. The Balaban J connectivity index is 1.45. The minimum absolute atomic E-state index is 0.605. The number of hydrogen-bond donors (Lipinski definition) is 0. The normalized spacial score (nSPS) is 17.7. The van der Waals surface area contributed by atoms with Crippen LogP contribution in [0.1, 0.15) is 146 Å². The van der Waals surface area contributed by atoms with Gasteiger partial charge >= 0.3 is 0 Å². The predicted octanol–water partition coefficient (Wildman–Crippen LogP) is 10.5. The van der Waals surface area contributed by atoms with E-state index in [0.29, 0.717) is 11.6 Å². The van der Waals surface area contributed by atoms with Crippen LogP contribution in [-0.4, -0.2) is 4.98 Å². The van der Waals surface area contributed by atoms with Crippen LogP contribution in [0, 0.1) is 17.2 Å². The zero-order chi connectivity index (χ0) is 25.4. The number of hydrogen-bond acceptors (Lipinski definition) is 2. The van der Waals surface area contributed by atoms with Crippen molar-refractivity contribution in [2.75, 3.05) is 0 Å². The molecule has 2 aromatic rings. The molecule has 1 saturated carbocycles. The molecule has 0 spiro atoms. The van der Waals surface area contributed by atoms with E-state index in [1.54, 1.807) is 0 Å². The van der Waals surface area contributed by atoms with Crippen LogP contribution < -0.4 is 0 Å². The quantitative estimate of drug-likeness (QED) is 0.221. The van der Waals surface area contributed by atoms with Gasteiger partial charge in [-0.05, 0) is 67.6 Å². The highest BCUT2D eigenvalue weighted by molar-refractivity contribution is 5.61. The molecule has 1 fully saturated rings. The van der Waals surface area contributed by atoms with Crippen LogP contribution in [0.4, 0.5) is 0 Å². The van der Waals surface area contributed by atoms with E-state index >= 15 is 0 Å². The van der Waals surface area contributed by atoms with E-state index in [2.05, 4.69) is 56.3 Å². The van der Waals surface area contributed by atoms with Gasteiger partial charge in [0.25, 0.3) is 0 Å². The SMILES string of the molecule is CCCCCCCCc1ccc(-c2ccc(C3CCC(CCCCCCCC)CC3)cc2)nc1C#N. The Morgan fingerprint density at radius 2 is 1.33 bits per heavy atom. The van der Waals surface area contributed by atoms with Crippen LogP contribution in [0.25, 0.3) is 11.3 Å². The van der Waals surface area contributed by atoms with Crippen molar-refractivity contribution >= 4 is 0 Å². The van der Waals surface area contributed by atoms with Gasteiger partial charge in [-0.1, -0.05) is 121 Å². The van der Waals surface area contributed by atoms with Gasteiger partial charge < -0.3 is 0 Å². The van der Waals surface area contributed by atoms with E-state index in [1.165, 1.54) is 108 Å². The highest BCUT2D eigenvalue weighted by Crippen LogP contribution is 2.38. The topological polar surface area (TPSA) is 36.7 Å². The molecule has 1 aliphatic carbocycles. The minimum Gasteiger partial charge on any atom is -0.237 e. The number of aromatic nitrogens is 1. The number of benzene rings is 1. The summed E-state index contributed by atoms with van der Waals surface area (Å²) >= 11 is 0. The van der Waals surface area contributed by atoms with Gasteiger partial charge in [-0.15, -0.1) is 0 Å². The first-order chi connectivity index (χ1) is 17.7. The van der Waals surface area contributed by atoms with Gasteiger partial charge in [0.15, 0.2) is 0 Å². The third kappa shape index (κ3) is 9.38. The van der Waals surface area contributed by atoms with Crippen LogP contribution in [-0.2, 0) is 6.42 Å². The number of nitrogens with zero attached hydrogens (tertiary/aromatic N) is 2. The molecular weight excluding hydrogens is 436 g/mol. The molecule has 1 heterocycles. The van der Waals surface area contributed by atoms with E-state index in [0.717, 1.165) is 35.6 Å². The lowest BCUT2D eigenvalue weighted by Crippen LogP contribution is -2.13. The fourth-order valence-corrected chi connectivity index (χ4v) is 5.97. The Morgan fingerprint density at radius 1 is 0.722 bits per heavy atom. The molecular formula is C34H50N2. The van der Waals surface area contributed by atoms with E-state index < -0.39 is 0 Å². The molecule has 3 rings (SSSR count). The summed E-state index contributed by atoms with van der Waals surface area (Å²) in [7, 11) is 0. The Kier molecular flexibility index (Phi) is 13.1. The summed E-state index contributed by atoms with van der Waals surface area (Å²) in [4.78, 5) is 4.73. The van der Waals surface area contributed by atoms with Gasteiger partial charge in [0.1, 0.15) is 11.8 Å². The first-order valence-electron chi connectivity index (χ1n) is 15.3. The molecule has 0 atom stereocenters. The van der Waals surface area contributed by atoms with Gasteiger partial charge in [-0.25, -0.2) is 4.98 Å². The molecule has 1 aromatic carbocycles. The van der Waals surface area contributed by atoms with Gasteiger partial charge in [0, 0.05) is 5.56 Å². The molecule has 2 nitrogen and oxygen atoms in total. The first-order valence-corrected chi connectivity index (χ1v) is 15.3. The van der Waals surface area contributed by atoms with E-state index in [9.17, 15) is 5.26 Å². The minimum atomic E-state index is 0.605. The van der Waals surface area contributed by atoms with Crippen LogP contribution in [0.5, 0.6) is 0 Å². The standard InChI is InChI=1S/C34H50N2/c1-3-5-7-9-11-13-15-28-17-19-29(20-18-28)30-21-23-32(24-22-30)33-26-25-31(34(27-35)36-33)16-14-12-10-8-6-4-2/h21-26,28-29H,3-20H2,1-2H3. The Morgan fingerprint density at radius 3 is 1.97 bits per heavy atom. The van der Waals surface area contributed by atoms with Crippen LogP contribution in [0.3, 0.4) is 0 Å². The summed E-state index contributed by atoms with van der Waals surface area (Å²) in [5.41, 5.74) is 5.24. The van der Waals surface area contributed by atoms with Crippen LogP contribution >= 0.6 is 0 Å². The second kappa shape index (κ2) is 16.6. The van der Waals surface area contributed by atoms with Crippen molar-refractivity contribution in [3.8, 4) is 17.3 Å². The molecule has 0 aliphatic heterocycles. The van der Waals surface area contributed by atoms with Gasteiger partial charge in [-0.2, -0.15) is 5.26 Å². The van der Waals surface area contributed by atoms with Gasteiger partial charge in [-0.3, -0.25) is 0 Å². The molecule has 0 bridgehead atoms. The summed E-state index contributed by atoms with van der Waals surface area (Å²) in [5, 5.41) is 9.69.